The van der Waals surface area contributed by atoms with Crippen LogP contribution in [0.2, 0.25) is 13.1 Å². The topological polar surface area (TPSA) is 18.5 Å². The molecule has 0 saturated heterocycles. The average molecular weight is 300 g/mol. The fourth-order valence-corrected chi connectivity index (χ4v) is 3.52. The van der Waals surface area contributed by atoms with E-state index in [-0.39, 0.29) is 0 Å². The molecule has 2 rings (SSSR count). The Hall–Kier alpha value is -1.58. The number of hydrogen-bond donors (Lipinski definition) is 0. The molecule has 0 atom stereocenters. The van der Waals surface area contributed by atoms with Gasteiger partial charge in [-0.3, -0.25) is 0 Å². The van der Waals surface area contributed by atoms with Crippen LogP contribution in [0.1, 0.15) is 19.8 Å². The maximum Gasteiger partial charge on any atom is 0.392 e. The third-order valence-electron chi connectivity index (χ3n) is 3.27. The van der Waals surface area contributed by atoms with Crippen molar-refractivity contribution in [3.63, 3.8) is 0 Å². The molecule has 0 aliphatic rings. The van der Waals surface area contributed by atoms with E-state index < -0.39 is 8.56 Å². The van der Waals surface area contributed by atoms with Crippen molar-refractivity contribution in [2.24, 2.45) is 0 Å². The quantitative estimate of drug-likeness (QED) is 0.513. The van der Waals surface area contributed by atoms with Crippen molar-refractivity contribution in [3.05, 3.63) is 54.6 Å². The first-order valence-electron chi connectivity index (χ1n) is 7.59. The molecule has 2 nitrogen and oxygen atoms in total. The average Bonchev–Trinajstić information content (AvgIpc) is 2.49. The predicted molar refractivity (Wildman–Crippen MR) is 90.8 cm³/mol. The SMILES string of the molecule is CCCCO[Si](C)(C)Oc1ccc(-c2ccccc2)cc1. The van der Waals surface area contributed by atoms with Crippen LogP contribution in [-0.2, 0) is 4.43 Å². The Morgan fingerprint density at radius 2 is 1.48 bits per heavy atom. The first-order chi connectivity index (χ1) is 10.1. The fraction of sp³-hybridized carbons (Fsp3) is 0.333. The summed E-state index contributed by atoms with van der Waals surface area (Å²) in [6.07, 6.45) is 2.24. The van der Waals surface area contributed by atoms with Crippen LogP contribution in [0.3, 0.4) is 0 Å². The number of rotatable bonds is 7. The lowest BCUT2D eigenvalue weighted by Gasteiger charge is -2.24. The van der Waals surface area contributed by atoms with Crippen LogP contribution in [0.25, 0.3) is 11.1 Å². The Morgan fingerprint density at radius 1 is 0.857 bits per heavy atom. The van der Waals surface area contributed by atoms with Crippen LogP contribution < -0.4 is 4.43 Å². The first-order valence-corrected chi connectivity index (χ1v) is 10.4. The first kappa shape index (κ1) is 15.8. The Morgan fingerprint density at radius 3 is 2.10 bits per heavy atom. The molecule has 0 amide bonds. The van der Waals surface area contributed by atoms with E-state index in [1.54, 1.807) is 0 Å². The van der Waals surface area contributed by atoms with E-state index in [0.29, 0.717) is 0 Å². The molecule has 0 aliphatic carbocycles. The van der Waals surface area contributed by atoms with Crippen molar-refractivity contribution in [2.75, 3.05) is 6.61 Å². The molecule has 0 N–H and O–H groups in total. The van der Waals surface area contributed by atoms with Gasteiger partial charge in [0.2, 0.25) is 0 Å². The molecule has 0 unspecified atom stereocenters. The zero-order valence-electron chi connectivity index (χ0n) is 13.1. The largest absolute Gasteiger partial charge is 0.520 e. The summed E-state index contributed by atoms with van der Waals surface area (Å²) in [5.41, 5.74) is 2.43. The molecule has 112 valence electrons. The van der Waals surface area contributed by atoms with Crippen LogP contribution in [0.4, 0.5) is 0 Å². The predicted octanol–water partition coefficient (Wildman–Crippen LogP) is 5.25. The molecule has 3 heteroatoms. The lowest BCUT2D eigenvalue weighted by atomic mass is 10.1. The van der Waals surface area contributed by atoms with Crippen LogP contribution in [0.5, 0.6) is 5.75 Å². The monoisotopic (exact) mass is 300 g/mol. The molecule has 21 heavy (non-hydrogen) atoms. The minimum Gasteiger partial charge on any atom is -0.520 e. The number of hydrogen-bond acceptors (Lipinski definition) is 2. The Bertz CT molecular complexity index is 535. The van der Waals surface area contributed by atoms with Gasteiger partial charge in [0, 0.05) is 6.61 Å². The second-order valence-electron chi connectivity index (χ2n) is 5.59. The van der Waals surface area contributed by atoms with Crippen LogP contribution >= 0.6 is 0 Å². The Labute approximate surface area is 129 Å². The maximum atomic E-state index is 6.06. The summed E-state index contributed by atoms with van der Waals surface area (Å²) >= 11 is 0. The molecule has 0 heterocycles. The van der Waals surface area contributed by atoms with Gasteiger partial charge in [-0.1, -0.05) is 55.8 Å². The van der Waals surface area contributed by atoms with Gasteiger partial charge in [0.15, 0.2) is 0 Å². The Kier molecular flexibility index (Phi) is 5.59. The standard InChI is InChI=1S/C18H24O2Si/c1-4-5-15-19-21(2,3)20-18-13-11-17(12-14-18)16-9-7-6-8-10-16/h6-14H,4-5,15H2,1-3H3. The van der Waals surface area contributed by atoms with E-state index in [1.807, 2.05) is 18.2 Å². The zero-order valence-corrected chi connectivity index (χ0v) is 14.1. The molecule has 0 aromatic heterocycles. The van der Waals surface area contributed by atoms with Gasteiger partial charge in [0.25, 0.3) is 0 Å². The van der Waals surface area contributed by atoms with E-state index in [9.17, 15) is 0 Å². The second kappa shape index (κ2) is 7.43. The molecule has 0 radical (unpaired) electrons. The van der Waals surface area contributed by atoms with Gasteiger partial charge in [-0.05, 0) is 42.8 Å². The summed E-state index contributed by atoms with van der Waals surface area (Å²) < 4.78 is 12.0. The molecule has 0 fully saturated rings. The third kappa shape index (κ3) is 5.03. The van der Waals surface area contributed by atoms with Gasteiger partial charge >= 0.3 is 8.56 Å². The summed E-state index contributed by atoms with van der Waals surface area (Å²) in [4.78, 5) is 0. The van der Waals surface area contributed by atoms with E-state index in [4.69, 9.17) is 8.85 Å². The van der Waals surface area contributed by atoms with Crippen LogP contribution in [0.15, 0.2) is 54.6 Å². The summed E-state index contributed by atoms with van der Waals surface area (Å²) in [5.74, 6) is 0.892. The summed E-state index contributed by atoms with van der Waals surface area (Å²) in [7, 11) is -2.08. The van der Waals surface area contributed by atoms with Gasteiger partial charge in [-0.15, -0.1) is 0 Å². The van der Waals surface area contributed by atoms with Gasteiger partial charge in [-0.25, -0.2) is 0 Å². The summed E-state index contributed by atoms with van der Waals surface area (Å²) in [6.45, 7) is 7.14. The maximum absolute atomic E-state index is 6.06. The molecule has 0 bridgehead atoms. The summed E-state index contributed by atoms with van der Waals surface area (Å²) in [6, 6.07) is 18.6. The lowest BCUT2D eigenvalue weighted by molar-refractivity contribution is 0.243. The molecule has 2 aromatic carbocycles. The fourth-order valence-electron chi connectivity index (χ4n) is 2.12. The van der Waals surface area contributed by atoms with E-state index in [1.165, 1.54) is 11.1 Å². The highest BCUT2D eigenvalue weighted by Gasteiger charge is 2.26. The van der Waals surface area contributed by atoms with Gasteiger partial charge in [-0.2, -0.15) is 0 Å². The minimum absolute atomic E-state index is 0.790. The van der Waals surface area contributed by atoms with E-state index in [2.05, 4.69) is 56.4 Å². The van der Waals surface area contributed by atoms with Crippen molar-refractivity contribution < 1.29 is 8.85 Å². The van der Waals surface area contributed by atoms with Crippen LogP contribution in [-0.4, -0.2) is 15.2 Å². The highest BCUT2D eigenvalue weighted by molar-refractivity contribution is 6.65. The van der Waals surface area contributed by atoms with Crippen molar-refractivity contribution in [1.82, 2.24) is 0 Å². The number of benzene rings is 2. The lowest BCUT2D eigenvalue weighted by Crippen LogP contribution is -2.38. The van der Waals surface area contributed by atoms with Crippen molar-refractivity contribution in [1.29, 1.82) is 0 Å². The van der Waals surface area contributed by atoms with Gasteiger partial charge in [0.1, 0.15) is 5.75 Å². The molecule has 0 aliphatic heterocycles. The van der Waals surface area contributed by atoms with Crippen molar-refractivity contribution in [3.8, 4) is 16.9 Å². The molecule has 0 spiro atoms. The Balaban J connectivity index is 1.99. The van der Waals surface area contributed by atoms with Gasteiger partial charge < -0.3 is 8.85 Å². The third-order valence-corrected chi connectivity index (χ3v) is 4.90. The molecule has 0 saturated carbocycles. The highest BCUT2D eigenvalue weighted by atomic mass is 28.4. The van der Waals surface area contributed by atoms with E-state index in [0.717, 1.165) is 25.2 Å². The molecular weight excluding hydrogens is 276 g/mol. The van der Waals surface area contributed by atoms with Crippen LogP contribution in [0, 0.1) is 0 Å². The molecular formula is C18H24O2Si. The smallest absolute Gasteiger partial charge is 0.392 e. The summed E-state index contributed by atoms with van der Waals surface area (Å²) in [5, 5.41) is 0. The minimum atomic E-state index is -2.08. The normalized spacial score (nSPS) is 11.4. The van der Waals surface area contributed by atoms with Gasteiger partial charge in [0.05, 0.1) is 0 Å². The van der Waals surface area contributed by atoms with Crippen molar-refractivity contribution in [2.45, 2.75) is 32.9 Å². The second-order valence-corrected chi connectivity index (χ2v) is 8.89. The van der Waals surface area contributed by atoms with Crippen molar-refractivity contribution >= 4 is 8.56 Å². The zero-order chi connectivity index (χ0) is 15.1. The molecule has 2 aromatic rings. The number of unbranched alkanes of at least 4 members (excludes halogenated alkanes) is 1. The highest BCUT2D eigenvalue weighted by Crippen LogP contribution is 2.24. The van der Waals surface area contributed by atoms with E-state index >= 15 is 0 Å².